The molecule has 0 unspecified atom stereocenters. The number of carbonyl (C=O) groups is 1. The van der Waals surface area contributed by atoms with Crippen molar-refractivity contribution in [1.82, 2.24) is 4.31 Å². The molecule has 0 amide bonds. The summed E-state index contributed by atoms with van der Waals surface area (Å²) in [6, 6.07) is 5.15. The summed E-state index contributed by atoms with van der Waals surface area (Å²) in [5.41, 5.74) is 0. The van der Waals surface area contributed by atoms with Crippen molar-refractivity contribution >= 4 is 26.3 Å². The third-order valence-corrected chi connectivity index (χ3v) is 7.28. The van der Waals surface area contributed by atoms with E-state index in [2.05, 4.69) is 4.74 Å². The van der Waals surface area contributed by atoms with E-state index < -0.39 is 19.9 Å². The minimum atomic E-state index is -3.61. The van der Waals surface area contributed by atoms with Gasteiger partial charge in [0.15, 0.2) is 9.84 Å². The lowest BCUT2D eigenvalue weighted by molar-refractivity contribution is -0.128. The second-order valence-electron chi connectivity index (χ2n) is 5.22. The van der Waals surface area contributed by atoms with Crippen molar-refractivity contribution in [2.75, 3.05) is 25.4 Å². The molecule has 2 rings (SSSR count). The molecule has 0 radical (unpaired) electrons. The largest absolute Gasteiger partial charge is 0.467 e. The summed E-state index contributed by atoms with van der Waals surface area (Å²) in [5, 5.41) is 0. The summed E-state index contributed by atoms with van der Waals surface area (Å²) in [5.74, 6) is -0.343. The molecule has 128 valence electrons. The smallest absolute Gasteiger partial charge is 0.293 e. The van der Waals surface area contributed by atoms with Gasteiger partial charge in [0.25, 0.3) is 6.47 Å². The summed E-state index contributed by atoms with van der Waals surface area (Å²) in [7, 11) is -7.19. The van der Waals surface area contributed by atoms with Gasteiger partial charge < -0.3 is 4.74 Å². The first-order chi connectivity index (χ1) is 10.9. The molecule has 9 heteroatoms. The fourth-order valence-corrected chi connectivity index (χ4v) is 5.02. The van der Waals surface area contributed by atoms with Crippen molar-refractivity contribution in [1.29, 1.82) is 0 Å². The fourth-order valence-electron chi connectivity index (χ4n) is 2.40. The first kappa shape index (κ1) is 17.9. The molecule has 1 saturated heterocycles. The molecule has 0 atom stereocenters. The van der Waals surface area contributed by atoms with Crippen LogP contribution in [-0.4, -0.2) is 53.1 Å². The molecule has 1 fully saturated rings. The standard InChI is InChI=1S/C14H19NO6S2/c16-12-21-10-11-22(17,18)13-4-6-14(7-5-13)23(19,20)15-8-2-1-3-9-15/h4-7,12H,1-3,8-11H2. The summed E-state index contributed by atoms with van der Waals surface area (Å²) in [6.07, 6.45) is 2.69. The van der Waals surface area contributed by atoms with Gasteiger partial charge in [-0.25, -0.2) is 16.8 Å². The zero-order valence-corrected chi connectivity index (χ0v) is 14.2. The third-order valence-electron chi connectivity index (χ3n) is 3.67. The van der Waals surface area contributed by atoms with Crippen LogP contribution in [0.1, 0.15) is 19.3 Å². The van der Waals surface area contributed by atoms with E-state index in [9.17, 15) is 21.6 Å². The van der Waals surface area contributed by atoms with Crippen LogP contribution in [0, 0.1) is 0 Å². The van der Waals surface area contributed by atoms with Crippen LogP contribution in [0.5, 0.6) is 0 Å². The Morgan fingerprint density at radius 1 is 0.957 bits per heavy atom. The fraction of sp³-hybridized carbons (Fsp3) is 0.500. The van der Waals surface area contributed by atoms with Crippen molar-refractivity contribution in [3.05, 3.63) is 24.3 Å². The van der Waals surface area contributed by atoms with Gasteiger partial charge in [-0.1, -0.05) is 6.42 Å². The maximum atomic E-state index is 12.5. The number of sulfonamides is 1. The molecule has 1 heterocycles. The van der Waals surface area contributed by atoms with E-state index in [1.54, 1.807) is 0 Å². The Balaban J connectivity index is 2.17. The molecular formula is C14H19NO6S2. The number of carbonyl (C=O) groups excluding carboxylic acids is 1. The Bertz CT molecular complexity index is 734. The van der Waals surface area contributed by atoms with Gasteiger partial charge in [0.05, 0.1) is 15.5 Å². The number of rotatable bonds is 7. The van der Waals surface area contributed by atoms with Gasteiger partial charge in [0.2, 0.25) is 10.0 Å². The highest BCUT2D eigenvalue weighted by molar-refractivity contribution is 7.91. The van der Waals surface area contributed by atoms with Crippen LogP contribution < -0.4 is 0 Å². The second kappa shape index (κ2) is 7.41. The van der Waals surface area contributed by atoms with Gasteiger partial charge in [0.1, 0.15) is 6.61 Å². The molecule has 0 saturated carbocycles. The van der Waals surface area contributed by atoms with Crippen molar-refractivity contribution < 1.29 is 26.4 Å². The van der Waals surface area contributed by atoms with E-state index in [-0.39, 0.29) is 28.6 Å². The number of piperidine rings is 1. The minimum Gasteiger partial charge on any atom is -0.467 e. The summed E-state index contributed by atoms with van der Waals surface area (Å²) in [4.78, 5) is 10.1. The van der Waals surface area contributed by atoms with Gasteiger partial charge in [-0.15, -0.1) is 0 Å². The van der Waals surface area contributed by atoms with Gasteiger partial charge >= 0.3 is 0 Å². The van der Waals surface area contributed by atoms with Crippen molar-refractivity contribution in [2.45, 2.75) is 29.1 Å². The molecule has 23 heavy (non-hydrogen) atoms. The molecule has 1 aromatic carbocycles. The lowest BCUT2D eigenvalue weighted by atomic mass is 10.2. The van der Waals surface area contributed by atoms with E-state index in [1.165, 1.54) is 28.6 Å². The average Bonchev–Trinajstić information content (AvgIpc) is 2.56. The number of ether oxygens (including phenoxy) is 1. The first-order valence-corrected chi connectivity index (χ1v) is 10.4. The number of hydrogen-bond donors (Lipinski definition) is 0. The first-order valence-electron chi connectivity index (χ1n) is 7.26. The van der Waals surface area contributed by atoms with Crippen LogP contribution in [0.15, 0.2) is 34.1 Å². The molecule has 0 N–H and O–H groups in total. The maximum Gasteiger partial charge on any atom is 0.293 e. The highest BCUT2D eigenvalue weighted by atomic mass is 32.2. The number of sulfone groups is 1. The topological polar surface area (TPSA) is 97.8 Å². The van der Waals surface area contributed by atoms with E-state index in [0.29, 0.717) is 13.1 Å². The van der Waals surface area contributed by atoms with Gasteiger partial charge in [-0.3, -0.25) is 4.79 Å². The van der Waals surface area contributed by atoms with Crippen LogP contribution in [0.2, 0.25) is 0 Å². The molecule has 0 spiro atoms. The molecule has 1 aromatic rings. The lowest BCUT2D eigenvalue weighted by Gasteiger charge is -2.25. The van der Waals surface area contributed by atoms with Gasteiger partial charge in [-0.2, -0.15) is 4.31 Å². The highest BCUT2D eigenvalue weighted by Crippen LogP contribution is 2.22. The normalized spacial score (nSPS) is 16.9. The number of nitrogens with zero attached hydrogens (tertiary/aromatic N) is 1. The molecule has 0 aromatic heterocycles. The Morgan fingerprint density at radius 2 is 1.52 bits per heavy atom. The number of hydrogen-bond acceptors (Lipinski definition) is 6. The quantitative estimate of drug-likeness (QED) is 0.526. The van der Waals surface area contributed by atoms with Gasteiger partial charge in [-0.05, 0) is 37.1 Å². The Hall–Kier alpha value is -1.45. The molecule has 0 bridgehead atoms. The minimum absolute atomic E-state index is 0.00425. The zero-order valence-electron chi connectivity index (χ0n) is 12.5. The van der Waals surface area contributed by atoms with Crippen LogP contribution >= 0.6 is 0 Å². The maximum absolute atomic E-state index is 12.5. The predicted molar refractivity (Wildman–Crippen MR) is 83.1 cm³/mol. The second-order valence-corrected chi connectivity index (χ2v) is 9.27. The van der Waals surface area contributed by atoms with Crippen molar-refractivity contribution in [3.63, 3.8) is 0 Å². The Labute approximate surface area is 136 Å². The van der Waals surface area contributed by atoms with Crippen LogP contribution in [-0.2, 0) is 29.4 Å². The molecule has 1 aliphatic heterocycles. The van der Waals surface area contributed by atoms with Crippen LogP contribution in [0.25, 0.3) is 0 Å². The Morgan fingerprint density at radius 3 is 2.09 bits per heavy atom. The zero-order chi connectivity index (χ0) is 16.9. The van der Waals surface area contributed by atoms with E-state index in [4.69, 9.17) is 0 Å². The lowest BCUT2D eigenvalue weighted by Crippen LogP contribution is -2.35. The van der Waals surface area contributed by atoms with E-state index in [1.807, 2.05) is 0 Å². The SMILES string of the molecule is O=COCCS(=O)(=O)c1ccc(S(=O)(=O)N2CCCCC2)cc1. The van der Waals surface area contributed by atoms with E-state index in [0.717, 1.165) is 19.3 Å². The summed E-state index contributed by atoms with van der Waals surface area (Å²) >= 11 is 0. The number of benzene rings is 1. The Kier molecular flexibility index (Phi) is 5.77. The summed E-state index contributed by atoms with van der Waals surface area (Å²) < 4.78 is 54.8. The summed E-state index contributed by atoms with van der Waals surface area (Å²) in [6.45, 7) is 0.931. The molecule has 0 aliphatic carbocycles. The monoisotopic (exact) mass is 361 g/mol. The van der Waals surface area contributed by atoms with E-state index >= 15 is 0 Å². The van der Waals surface area contributed by atoms with Gasteiger partial charge in [0, 0.05) is 13.1 Å². The predicted octanol–water partition coefficient (Wildman–Crippen LogP) is 0.808. The van der Waals surface area contributed by atoms with Crippen LogP contribution in [0.4, 0.5) is 0 Å². The van der Waals surface area contributed by atoms with Crippen molar-refractivity contribution in [3.8, 4) is 0 Å². The third kappa shape index (κ3) is 4.30. The molecule has 1 aliphatic rings. The molecule has 7 nitrogen and oxygen atoms in total. The highest BCUT2D eigenvalue weighted by Gasteiger charge is 2.26. The average molecular weight is 361 g/mol. The van der Waals surface area contributed by atoms with Crippen molar-refractivity contribution in [2.24, 2.45) is 0 Å². The van der Waals surface area contributed by atoms with Crippen LogP contribution in [0.3, 0.4) is 0 Å². The molecular weight excluding hydrogens is 342 g/mol.